The Morgan fingerprint density at radius 3 is 2.84 bits per heavy atom. The first-order valence-electron chi connectivity index (χ1n) is 7.62. The fraction of sp³-hybridized carbons (Fsp3) is 0.647. The van der Waals surface area contributed by atoms with Gasteiger partial charge in [0.1, 0.15) is 5.75 Å². The van der Waals surface area contributed by atoms with Gasteiger partial charge in [0.2, 0.25) is 0 Å². The second kappa shape index (κ2) is 6.95. The Kier molecular flexibility index (Phi) is 5.26. The van der Waals surface area contributed by atoms with E-state index in [0.29, 0.717) is 6.04 Å². The van der Waals surface area contributed by atoms with Crippen LogP contribution in [0.4, 0.5) is 0 Å². The van der Waals surface area contributed by atoms with Crippen molar-refractivity contribution in [1.29, 1.82) is 0 Å². The summed E-state index contributed by atoms with van der Waals surface area (Å²) < 4.78 is 5.54. The lowest BCUT2D eigenvalue weighted by atomic mass is 9.96. The summed E-state index contributed by atoms with van der Waals surface area (Å²) in [6.45, 7) is 5.44. The average molecular weight is 261 g/mol. The van der Waals surface area contributed by atoms with E-state index in [2.05, 4.69) is 44.4 Å². The molecule has 1 heterocycles. The maximum atomic E-state index is 5.54. The third kappa shape index (κ3) is 3.97. The molecule has 0 amide bonds. The highest BCUT2D eigenvalue weighted by atomic mass is 16.5. The number of aryl methyl sites for hydroxylation is 1. The highest BCUT2D eigenvalue weighted by Gasteiger charge is 2.12. The van der Waals surface area contributed by atoms with E-state index in [9.17, 15) is 0 Å². The number of fused-ring (bicyclic) bond motifs is 1. The highest BCUT2D eigenvalue weighted by Crippen LogP contribution is 2.26. The summed E-state index contributed by atoms with van der Waals surface area (Å²) in [6.07, 6.45) is 6.14. The van der Waals surface area contributed by atoms with Crippen molar-refractivity contribution in [2.75, 3.05) is 13.7 Å². The highest BCUT2D eigenvalue weighted by molar-refractivity contribution is 5.39. The molecular weight excluding hydrogens is 234 g/mol. The average Bonchev–Trinajstić information content (AvgIpc) is 2.85. The molecule has 2 nitrogen and oxygen atoms in total. The minimum absolute atomic E-state index is 0.661. The van der Waals surface area contributed by atoms with Crippen LogP contribution < -0.4 is 10.1 Å². The smallest absolute Gasteiger partial charge is 0.122 e. The molecule has 2 heteroatoms. The molecule has 1 atom stereocenters. The molecule has 1 aliphatic rings. The topological polar surface area (TPSA) is 21.3 Å². The second-order valence-corrected chi connectivity index (χ2v) is 5.93. The summed E-state index contributed by atoms with van der Waals surface area (Å²) in [7, 11) is 2.07. The summed E-state index contributed by atoms with van der Waals surface area (Å²) in [6, 6.07) is 7.36. The van der Waals surface area contributed by atoms with Crippen molar-refractivity contribution in [2.24, 2.45) is 5.92 Å². The Hall–Kier alpha value is -1.02. The van der Waals surface area contributed by atoms with Crippen molar-refractivity contribution in [1.82, 2.24) is 5.32 Å². The van der Waals surface area contributed by atoms with E-state index in [-0.39, 0.29) is 0 Å². The summed E-state index contributed by atoms with van der Waals surface area (Å²) >= 11 is 0. The van der Waals surface area contributed by atoms with Crippen LogP contribution in [0.5, 0.6) is 5.75 Å². The summed E-state index contributed by atoms with van der Waals surface area (Å²) in [4.78, 5) is 0. The van der Waals surface area contributed by atoms with Crippen molar-refractivity contribution in [3.8, 4) is 5.75 Å². The van der Waals surface area contributed by atoms with E-state index >= 15 is 0 Å². The van der Waals surface area contributed by atoms with Gasteiger partial charge in [-0.3, -0.25) is 0 Å². The Balaban J connectivity index is 1.74. The van der Waals surface area contributed by atoms with Crippen LogP contribution in [0.2, 0.25) is 0 Å². The standard InChI is InChI=1S/C17H27NO/c1-13(2)16(18-3)7-5-4-6-14-8-9-17-15(12-14)10-11-19-17/h8-9,12-13,16,18H,4-7,10-11H2,1-3H3. The van der Waals surface area contributed by atoms with E-state index in [1.165, 1.54) is 36.8 Å². The first kappa shape index (κ1) is 14.4. The molecule has 1 unspecified atom stereocenters. The zero-order valence-electron chi connectivity index (χ0n) is 12.5. The van der Waals surface area contributed by atoms with Gasteiger partial charge in [0.25, 0.3) is 0 Å². The zero-order chi connectivity index (χ0) is 13.7. The molecule has 1 aliphatic heterocycles. The van der Waals surface area contributed by atoms with Gasteiger partial charge in [-0.05, 0) is 49.4 Å². The summed E-state index contributed by atoms with van der Waals surface area (Å²) in [5.74, 6) is 1.82. The molecule has 0 saturated heterocycles. The van der Waals surface area contributed by atoms with E-state index < -0.39 is 0 Å². The largest absolute Gasteiger partial charge is 0.493 e. The number of unbranched alkanes of at least 4 members (excludes halogenated alkanes) is 1. The molecule has 106 valence electrons. The molecule has 0 bridgehead atoms. The molecule has 1 aromatic carbocycles. The van der Waals surface area contributed by atoms with Gasteiger partial charge >= 0.3 is 0 Å². The number of benzene rings is 1. The van der Waals surface area contributed by atoms with Crippen LogP contribution in [0.3, 0.4) is 0 Å². The van der Waals surface area contributed by atoms with E-state index in [1.54, 1.807) is 0 Å². The molecule has 0 saturated carbocycles. The molecule has 1 aromatic rings. The first-order chi connectivity index (χ1) is 9.20. The summed E-state index contributed by atoms with van der Waals surface area (Å²) in [5, 5.41) is 3.42. The lowest BCUT2D eigenvalue weighted by Gasteiger charge is -2.19. The number of hydrogen-bond acceptors (Lipinski definition) is 2. The predicted octanol–water partition coefficient (Wildman–Crippen LogP) is 3.58. The number of rotatable bonds is 7. The van der Waals surface area contributed by atoms with Crippen molar-refractivity contribution in [2.45, 2.75) is 52.0 Å². The molecular formula is C17H27NO. The molecule has 0 radical (unpaired) electrons. The molecule has 0 aliphatic carbocycles. The van der Waals surface area contributed by atoms with Crippen LogP contribution >= 0.6 is 0 Å². The van der Waals surface area contributed by atoms with E-state index in [1.807, 2.05) is 0 Å². The van der Waals surface area contributed by atoms with Gasteiger partial charge in [-0.15, -0.1) is 0 Å². The predicted molar refractivity (Wildman–Crippen MR) is 80.9 cm³/mol. The molecule has 0 fully saturated rings. The van der Waals surface area contributed by atoms with Gasteiger partial charge in [0.05, 0.1) is 6.61 Å². The monoisotopic (exact) mass is 261 g/mol. The van der Waals surface area contributed by atoms with Crippen molar-refractivity contribution >= 4 is 0 Å². The molecule has 19 heavy (non-hydrogen) atoms. The minimum atomic E-state index is 0.661. The van der Waals surface area contributed by atoms with Gasteiger partial charge in [0, 0.05) is 12.5 Å². The zero-order valence-corrected chi connectivity index (χ0v) is 12.5. The third-order valence-corrected chi connectivity index (χ3v) is 4.16. The van der Waals surface area contributed by atoms with Crippen LogP contribution in [-0.2, 0) is 12.8 Å². The van der Waals surface area contributed by atoms with E-state index in [0.717, 1.165) is 24.7 Å². The Labute approximate surface area is 117 Å². The quantitative estimate of drug-likeness (QED) is 0.758. The van der Waals surface area contributed by atoms with Crippen LogP contribution in [0.1, 0.15) is 44.2 Å². The van der Waals surface area contributed by atoms with Crippen molar-refractivity contribution < 1.29 is 4.74 Å². The van der Waals surface area contributed by atoms with Gasteiger partial charge in [0.15, 0.2) is 0 Å². The lowest BCUT2D eigenvalue weighted by molar-refractivity contribution is 0.357. The summed E-state index contributed by atoms with van der Waals surface area (Å²) in [5.41, 5.74) is 2.86. The van der Waals surface area contributed by atoms with Gasteiger partial charge in [-0.1, -0.05) is 32.4 Å². The SMILES string of the molecule is CNC(CCCCc1ccc2c(c1)CCO2)C(C)C. The third-order valence-electron chi connectivity index (χ3n) is 4.16. The minimum Gasteiger partial charge on any atom is -0.493 e. The van der Waals surface area contributed by atoms with Crippen LogP contribution in [-0.4, -0.2) is 19.7 Å². The van der Waals surface area contributed by atoms with Crippen LogP contribution in [0.15, 0.2) is 18.2 Å². The van der Waals surface area contributed by atoms with Crippen molar-refractivity contribution in [3.05, 3.63) is 29.3 Å². The molecule has 0 aromatic heterocycles. The van der Waals surface area contributed by atoms with Gasteiger partial charge in [-0.25, -0.2) is 0 Å². The van der Waals surface area contributed by atoms with Gasteiger partial charge < -0.3 is 10.1 Å². The normalized spacial score (nSPS) is 15.4. The molecule has 0 spiro atoms. The van der Waals surface area contributed by atoms with Crippen LogP contribution in [0.25, 0.3) is 0 Å². The second-order valence-electron chi connectivity index (χ2n) is 5.93. The maximum absolute atomic E-state index is 5.54. The Morgan fingerprint density at radius 2 is 2.11 bits per heavy atom. The Morgan fingerprint density at radius 1 is 1.26 bits per heavy atom. The van der Waals surface area contributed by atoms with E-state index in [4.69, 9.17) is 4.74 Å². The fourth-order valence-corrected chi connectivity index (χ4v) is 2.90. The maximum Gasteiger partial charge on any atom is 0.122 e. The fourth-order valence-electron chi connectivity index (χ4n) is 2.90. The number of hydrogen-bond donors (Lipinski definition) is 1. The van der Waals surface area contributed by atoms with Gasteiger partial charge in [-0.2, -0.15) is 0 Å². The van der Waals surface area contributed by atoms with Crippen LogP contribution in [0, 0.1) is 5.92 Å². The molecule has 2 rings (SSSR count). The number of nitrogens with one attached hydrogen (secondary N) is 1. The van der Waals surface area contributed by atoms with Crippen molar-refractivity contribution in [3.63, 3.8) is 0 Å². The molecule has 1 N–H and O–H groups in total. The number of ether oxygens (including phenoxy) is 1. The lowest BCUT2D eigenvalue weighted by Crippen LogP contribution is -2.30. The first-order valence-corrected chi connectivity index (χ1v) is 7.62. The Bertz CT molecular complexity index is 400.